The Kier molecular flexibility index (Phi) is 3.56. The number of rotatable bonds is 2. The number of amides is 1. The Labute approximate surface area is 99.9 Å². The van der Waals surface area contributed by atoms with E-state index in [0.717, 1.165) is 26.2 Å². The molecule has 2 rings (SSSR count). The molecule has 0 spiro atoms. The fraction of sp³-hybridized carbons (Fsp3) is 0.636. The van der Waals surface area contributed by atoms with E-state index in [1.807, 2.05) is 11.1 Å². The lowest BCUT2D eigenvalue weighted by Gasteiger charge is -2.39. The van der Waals surface area contributed by atoms with Crippen LogP contribution < -0.4 is 0 Å². The van der Waals surface area contributed by atoms with Crippen molar-refractivity contribution in [2.75, 3.05) is 19.6 Å². The van der Waals surface area contributed by atoms with Gasteiger partial charge in [0.2, 0.25) is 5.91 Å². The van der Waals surface area contributed by atoms with Gasteiger partial charge in [0.15, 0.2) is 5.51 Å². The van der Waals surface area contributed by atoms with Crippen molar-refractivity contribution in [2.45, 2.75) is 26.4 Å². The van der Waals surface area contributed by atoms with E-state index in [2.05, 4.69) is 22.3 Å². The summed E-state index contributed by atoms with van der Waals surface area (Å²) in [5, 5.41) is 0. The van der Waals surface area contributed by atoms with Crippen LogP contribution in [0.3, 0.4) is 0 Å². The minimum Gasteiger partial charge on any atom is -0.338 e. The number of piperazine rings is 1. The summed E-state index contributed by atoms with van der Waals surface area (Å²) in [6, 6.07) is 0.308. The molecule has 1 radical (unpaired) electrons. The van der Waals surface area contributed by atoms with Crippen LogP contribution in [0.1, 0.15) is 18.7 Å². The van der Waals surface area contributed by atoms with E-state index in [-0.39, 0.29) is 5.91 Å². The lowest BCUT2D eigenvalue weighted by atomic mass is 10.2. The molecule has 0 N–H and O–H groups in total. The first kappa shape index (κ1) is 11.5. The Bertz CT molecular complexity index is 352. The molecule has 16 heavy (non-hydrogen) atoms. The molecule has 1 aliphatic heterocycles. The normalized spacial score (nSPS) is 22.4. The van der Waals surface area contributed by atoms with Crippen LogP contribution >= 0.6 is 11.3 Å². The van der Waals surface area contributed by atoms with Crippen LogP contribution in [0, 0.1) is 5.51 Å². The molecule has 1 atom stereocenters. The van der Waals surface area contributed by atoms with Crippen LogP contribution in [0.4, 0.5) is 0 Å². The molecular formula is C11H16N3OS. The molecule has 87 valence electrons. The van der Waals surface area contributed by atoms with Gasteiger partial charge >= 0.3 is 0 Å². The molecule has 0 aromatic carbocycles. The minimum atomic E-state index is 0.179. The molecule has 0 aliphatic carbocycles. The van der Waals surface area contributed by atoms with Gasteiger partial charge in [-0.05, 0) is 6.92 Å². The van der Waals surface area contributed by atoms with Crippen molar-refractivity contribution in [3.63, 3.8) is 0 Å². The first-order valence-corrected chi connectivity index (χ1v) is 6.29. The maximum absolute atomic E-state index is 11.3. The standard InChI is InChI=1S/C11H16N3OS/c1-9-6-13(3-4-14(9)10(2)15)7-11-5-12-8-16-11/h5,9H,3-4,6-7H2,1-2H3. The molecule has 0 bridgehead atoms. The molecule has 2 heterocycles. The van der Waals surface area contributed by atoms with Crippen molar-refractivity contribution in [3.05, 3.63) is 16.6 Å². The highest BCUT2D eigenvalue weighted by atomic mass is 32.1. The van der Waals surface area contributed by atoms with Crippen molar-refractivity contribution >= 4 is 17.2 Å². The molecule has 1 unspecified atom stereocenters. The van der Waals surface area contributed by atoms with E-state index in [1.165, 1.54) is 4.88 Å². The maximum Gasteiger partial charge on any atom is 0.219 e. The Hall–Kier alpha value is -0.940. The van der Waals surface area contributed by atoms with Crippen molar-refractivity contribution in [3.8, 4) is 0 Å². The van der Waals surface area contributed by atoms with Gasteiger partial charge in [-0.15, -0.1) is 11.3 Å². The van der Waals surface area contributed by atoms with Gasteiger partial charge < -0.3 is 4.90 Å². The zero-order chi connectivity index (χ0) is 11.5. The summed E-state index contributed by atoms with van der Waals surface area (Å²) in [5.41, 5.74) is 2.86. The molecule has 1 amide bonds. The average molecular weight is 238 g/mol. The number of nitrogens with zero attached hydrogens (tertiary/aromatic N) is 3. The van der Waals surface area contributed by atoms with Gasteiger partial charge in [0.05, 0.1) is 0 Å². The van der Waals surface area contributed by atoms with Crippen LogP contribution in [0.2, 0.25) is 0 Å². The third-order valence-electron chi connectivity index (χ3n) is 2.93. The monoisotopic (exact) mass is 238 g/mol. The zero-order valence-corrected chi connectivity index (χ0v) is 10.5. The van der Waals surface area contributed by atoms with Gasteiger partial charge in [-0.3, -0.25) is 9.69 Å². The highest BCUT2D eigenvalue weighted by molar-refractivity contribution is 7.09. The van der Waals surface area contributed by atoms with Gasteiger partial charge in [-0.1, -0.05) is 0 Å². The third kappa shape index (κ3) is 2.59. The Morgan fingerprint density at radius 3 is 3.06 bits per heavy atom. The maximum atomic E-state index is 11.3. The molecule has 1 aromatic rings. The average Bonchev–Trinajstić information content (AvgIpc) is 2.70. The summed E-state index contributed by atoms with van der Waals surface area (Å²) in [5.74, 6) is 0.179. The van der Waals surface area contributed by atoms with Crippen LogP contribution in [0.15, 0.2) is 6.20 Å². The predicted octanol–water partition coefficient (Wildman–Crippen LogP) is 0.996. The van der Waals surface area contributed by atoms with E-state index in [4.69, 9.17) is 0 Å². The number of hydrogen-bond donors (Lipinski definition) is 0. The summed E-state index contributed by atoms with van der Waals surface area (Å²) < 4.78 is 0. The summed E-state index contributed by atoms with van der Waals surface area (Å²) in [4.78, 5) is 20.8. The Morgan fingerprint density at radius 2 is 2.50 bits per heavy atom. The molecule has 1 saturated heterocycles. The Balaban J connectivity index is 1.90. The van der Waals surface area contributed by atoms with Gasteiger partial charge in [-0.25, -0.2) is 4.98 Å². The molecule has 1 aliphatic rings. The first-order chi connectivity index (χ1) is 7.66. The highest BCUT2D eigenvalue weighted by Crippen LogP contribution is 2.14. The third-order valence-corrected chi connectivity index (χ3v) is 3.63. The smallest absolute Gasteiger partial charge is 0.219 e. The fourth-order valence-electron chi connectivity index (χ4n) is 2.15. The second-order valence-corrected chi connectivity index (χ2v) is 5.13. The van der Waals surface area contributed by atoms with Crippen LogP contribution in [-0.2, 0) is 11.3 Å². The number of hydrogen-bond acceptors (Lipinski definition) is 4. The largest absolute Gasteiger partial charge is 0.338 e. The second-order valence-electron chi connectivity index (χ2n) is 4.21. The van der Waals surface area contributed by atoms with E-state index >= 15 is 0 Å². The minimum absolute atomic E-state index is 0.179. The number of carbonyl (C=O) groups excluding carboxylic acids is 1. The quantitative estimate of drug-likeness (QED) is 0.771. The second kappa shape index (κ2) is 4.93. The van der Waals surface area contributed by atoms with E-state index in [0.29, 0.717) is 6.04 Å². The van der Waals surface area contributed by atoms with Crippen molar-refractivity contribution in [1.82, 2.24) is 14.8 Å². The molecule has 1 fully saturated rings. The van der Waals surface area contributed by atoms with E-state index in [9.17, 15) is 4.79 Å². The summed E-state index contributed by atoms with van der Waals surface area (Å²) in [7, 11) is 0. The van der Waals surface area contributed by atoms with Crippen molar-refractivity contribution in [2.24, 2.45) is 0 Å². The molecule has 0 saturated carbocycles. The number of carbonyl (C=O) groups is 1. The van der Waals surface area contributed by atoms with Crippen molar-refractivity contribution in [1.29, 1.82) is 0 Å². The summed E-state index contributed by atoms with van der Waals surface area (Å²) >= 11 is 1.57. The highest BCUT2D eigenvalue weighted by Gasteiger charge is 2.25. The van der Waals surface area contributed by atoms with Crippen LogP contribution in [0.5, 0.6) is 0 Å². The molecule has 1 aromatic heterocycles. The lowest BCUT2D eigenvalue weighted by Crippen LogP contribution is -2.52. The van der Waals surface area contributed by atoms with E-state index in [1.54, 1.807) is 18.3 Å². The molecular weight excluding hydrogens is 222 g/mol. The van der Waals surface area contributed by atoms with Crippen LogP contribution in [-0.4, -0.2) is 46.4 Å². The predicted molar refractivity (Wildman–Crippen MR) is 63.1 cm³/mol. The van der Waals surface area contributed by atoms with Gasteiger partial charge in [0.25, 0.3) is 0 Å². The number of aromatic nitrogens is 1. The van der Waals surface area contributed by atoms with Gasteiger partial charge in [0, 0.05) is 50.2 Å². The van der Waals surface area contributed by atoms with Gasteiger partial charge in [-0.2, -0.15) is 0 Å². The molecule has 5 heteroatoms. The fourth-order valence-corrected chi connectivity index (χ4v) is 2.72. The zero-order valence-electron chi connectivity index (χ0n) is 9.64. The molecule has 4 nitrogen and oxygen atoms in total. The van der Waals surface area contributed by atoms with Gasteiger partial charge in [0.1, 0.15) is 0 Å². The lowest BCUT2D eigenvalue weighted by molar-refractivity contribution is -0.133. The van der Waals surface area contributed by atoms with E-state index < -0.39 is 0 Å². The summed E-state index contributed by atoms with van der Waals surface area (Å²) in [6.45, 7) is 7.40. The first-order valence-electron chi connectivity index (χ1n) is 5.47. The topological polar surface area (TPSA) is 36.4 Å². The Morgan fingerprint density at radius 1 is 1.69 bits per heavy atom. The van der Waals surface area contributed by atoms with Crippen molar-refractivity contribution < 1.29 is 4.79 Å². The SMILES string of the molecule is CC(=O)N1CCN(Cc2cn[c]s2)CC1C. The number of thiazole rings is 1. The summed E-state index contributed by atoms with van der Waals surface area (Å²) in [6.07, 6.45) is 1.87. The van der Waals surface area contributed by atoms with Crippen LogP contribution in [0.25, 0.3) is 0 Å².